The Hall–Kier alpha value is -3.76. The van der Waals surface area contributed by atoms with Crippen molar-refractivity contribution in [1.82, 2.24) is 14.9 Å². The summed E-state index contributed by atoms with van der Waals surface area (Å²) in [6.45, 7) is 9.53. The second-order valence-electron chi connectivity index (χ2n) is 10.4. The number of carbonyl (C=O) groups is 1. The number of anilines is 5. The second-order valence-corrected chi connectivity index (χ2v) is 10.8. The summed E-state index contributed by atoms with van der Waals surface area (Å²) in [5.41, 5.74) is 3.45. The lowest BCUT2D eigenvalue weighted by Crippen LogP contribution is -2.55. The standard InChI is InChI=1S/C28H30ClFN8O/c1-16-12-19(8-9-23(16)36-14-17(2)35(4)18(3)15-36)33-27-32-13-20-25(34-27)37-11-10-31-28(37)38(26(20)39)24-21(29)6-5-7-22(24)30/h5-9,12-13,17-18H,10-11,14-15H2,1-4H3,(H,32,33,34)/t17-,18+. The molecule has 11 heteroatoms. The minimum atomic E-state index is -0.604. The highest BCUT2D eigenvalue weighted by atomic mass is 35.5. The molecule has 3 aliphatic rings. The molecule has 0 spiro atoms. The van der Waals surface area contributed by atoms with Gasteiger partial charge in [-0.1, -0.05) is 17.7 Å². The Labute approximate surface area is 231 Å². The van der Waals surface area contributed by atoms with Crippen LogP contribution < -0.4 is 20.0 Å². The van der Waals surface area contributed by atoms with Gasteiger partial charge in [-0.2, -0.15) is 4.98 Å². The summed E-state index contributed by atoms with van der Waals surface area (Å²) in [5, 5.41) is 3.41. The highest BCUT2D eigenvalue weighted by Gasteiger charge is 2.41. The molecule has 6 rings (SSSR count). The third-order valence-corrected chi connectivity index (χ3v) is 8.10. The lowest BCUT2D eigenvalue weighted by molar-refractivity contribution is 0.0999. The molecule has 202 valence electrons. The summed E-state index contributed by atoms with van der Waals surface area (Å²) in [6, 6.07) is 11.5. The summed E-state index contributed by atoms with van der Waals surface area (Å²) in [4.78, 5) is 35.0. The Balaban J connectivity index is 1.27. The van der Waals surface area contributed by atoms with Crippen molar-refractivity contribution in [2.45, 2.75) is 32.9 Å². The first-order valence-corrected chi connectivity index (χ1v) is 13.4. The van der Waals surface area contributed by atoms with E-state index in [0.29, 0.717) is 42.9 Å². The number of amides is 1. The zero-order chi connectivity index (χ0) is 27.4. The van der Waals surface area contributed by atoms with Crippen LogP contribution in [0.2, 0.25) is 5.02 Å². The van der Waals surface area contributed by atoms with E-state index in [1.165, 1.54) is 28.9 Å². The smallest absolute Gasteiger partial charge is 0.270 e. The van der Waals surface area contributed by atoms with Gasteiger partial charge in [-0.25, -0.2) is 14.3 Å². The minimum Gasteiger partial charge on any atom is -0.368 e. The van der Waals surface area contributed by atoms with Crippen LogP contribution in [0.4, 0.5) is 33.2 Å². The van der Waals surface area contributed by atoms with E-state index in [0.717, 1.165) is 24.3 Å². The normalized spacial score (nSPS) is 21.1. The van der Waals surface area contributed by atoms with Crippen molar-refractivity contribution in [3.05, 3.63) is 64.6 Å². The van der Waals surface area contributed by atoms with Gasteiger partial charge in [-0.3, -0.25) is 19.6 Å². The molecule has 3 aromatic rings. The number of piperazine rings is 1. The third-order valence-electron chi connectivity index (χ3n) is 7.79. The zero-order valence-corrected chi connectivity index (χ0v) is 23.1. The average Bonchev–Trinajstić information content (AvgIpc) is 3.39. The summed E-state index contributed by atoms with van der Waals surface area (Å²) in [5.74, 6) is 0.0222. The van der Waals surface area contributed by atoms with Crippen molar-refractivity contribution in [2.24, 2.45) is 4.99 Å². The van der Waals surface area contributed by atoms with Crippen LogP contribution in [0.15, 0.2) is 47.6 Å². The Bertz CT molecular complexity index is 1460. The van der Waals surface area contributed by atoms with E-state index in [1.807, 2.05) is 6.07 Å². The van der Waals surface area contributed by atoms with Crippen molar-refractivity contribution >= 4 is 52.3 Å². The Kier molecular flexibility index (Phi) is 6.39. The first-order valence-electron chi connectivity index (χ1n) is 13.0. The molecule has 0 aliphatic carbocycles. The maximum absolute atomic E-state index is 14.8. The molecule has 1 aromatic heterocycles. The molecule has 1 amide bonds. The van der Waals surface area contributed by atoms with Gasteiger partial charge in [0.1, 0.15) is 17.1 Å². The molecule has 3 aliphatic heterocycles. The maximum atomic E-state index is 14.8. The van der Waals surface area contributed by atoms with Crippen molar-refractivity contribution < 1.29 is 9.18 Å². The fourth-order valence-corrected chi connectivity index (χ4v) is 5.80. The number of rotatable bonds is 4. The van der Waals surface area contributed by atoms with Crippen LogP contribution in [0, 0.1) is 12.7 Å². The fourth-order valence-electron chi connectivity index (χ4n) is 5.55. The van der Waals surface area contributed by atoms with Crippen molar-refractivity contribution in [3.8, 4) is 0 Å². The summed E-state index contributed by atoms with van der Waals surface area (Å²) < 4.78 is 14.8. The number of guanidine groups is 1. The van der Waals surface area contributed by atoms with Gasteiger partial charge in [-0.15, -0.1) is 0 Å². The lowest BCUT2D eigenvalue weighted by Gasteiger charge is -2.44. The molecule has 4 heterocycles. The van der Waals surface area contributed by atoms with Gasteiger partial charge in [0.25, 0.3) is 5.91 Å². The molecule has 1 N–H and O–H groups in total. The Morgan fingerprint density at radius 3 is 2.62 bits per heavy atom. The predicted octanol–water partition coefficient (Wildman–Crippen LogP) is 4.69. The quantitative estimate of drug-likeness (QED) is 0.507. The topological polar surface area (TPSA) is 80.2 Å². The maximum Gasteiger partial charge on any atom is 0.270 e. The first kappa shape index (κ1) is 25.5. The molecule has 1 saturated heterocycles. The van der Waals surface area contributed by atoms with E-state index in [1.54, 1.807) is 11.0 Å². The number of aryl methyl sites for hydroxylation is 1. The third kappa shape index (κ3) is 4.37. The van der Waals surface area contributed by atoms with Gasteiger partial charge < -0.3 is 10.2 Å². The predicted molar refractivity (Wildman–Crippen MR) is 153 cm³/mol. The fraction of sp³-hybridized carbons (Fsp3) is 0.357. The number of carbonyl (C=O) groups excluding carboxylic acids is 1. The number of hydrogen-bond donors (Lipinski definition) is 1. The van der Waals surface area contributed by atoms with Crippen LogP contribution in [0.25, 0.3) is 0 Å². The Morgan fingerprint density at radius 2 is 1.90 bits per heavy atom. The van der Waals surface area contributed by atoms with E-state index < -0.39 is 11.7 Å². The van der Waals surface area contributed by atoms with Gasteiger partial charge in [0, 0.05) is 49.3 Å². The van der Waals surface area contributed by atoms with Crippen LogP contribution in [0.3, 0.4) is 0 Å². The van der Waals surface area contributed by atoms with Gasteiger partial charge in [-0.05, 0) is 63.7 Å². The van der Waals surface area contributed by atoms with E-state index >= 15 is 0 Å². The number of nitrogens with one attached hydrogen (secondary N) is 1. The monoisotopic (exact) mass is 548 g/mol. The largest absolute Gasteiger partial charge is 0.368 e. The van der Waals surface area contributed by atoms with Crippen LogP contribution in [-0.4, -0.2) is 72.0 Å². The summed E-state index contributed by atoms with van der Waals surface area (Å²) in [6.07, 6.45) is 1.47. The minimum absolute atomic E-state index is 0.0256. The summed E-state index contributed by atoms with van der Waals surface area (Å²) >= 11 is 6.30. The van der Waals surface area contributed by atoms with E-state index in [2.05, 4.69) is 70.0 Å². The SMILES string of the molecule is Cc1cc(Nc2ncc3c(n2)N2CCN=C2N(c2c(F)cccc2Cl)C3=O)ccc1N1C[C@@H](C)N(C)[C@@H](C)C1. The van der Waals surface area contributed by atoms with Gasteiger partial charge in [0.2, 0.25) is 11.9 Å². The number of para-hydroxylation sites is 1. The second kappa shape index (κ2) is 9.77. The molecule has 0 bridgehead atoms. The number of likely N-dealkylation sites (N-methyl/N-ethyl adjacent to an activating group) is 1. The van der Waals surface area contributed by atoms with Crippen LogP contribution in [0.5, 0.6) is 0 Å². The van der Waals surface area contributed by atoms with E-state index in [9.17, 15) is 9.18 Å². The highest BCUT2D eigenvalue weighted by molar-refractivity contribution is 6.38. The highest BCUT2D eigenvalue weighted by Crippen LogP contribution is 2.37. The van der Waals surface area contributed by atoms with E-state index in [-0.39, 0.29) is 16.3 Å². The number of aliphatic imine (C=N–C) groups is 1. The number of halogens is 2. The lowest BCUT2D eigenvalue weighted by atomic mass is 10.1. The molecule has 9 nitrogen and oxygen atoms in total. The van der Waals surface area contributed by atoms with Crippen molar-refractivity contribution in [2.75, 3.05) is 53.2 Å². The molecule has 2 aromatic carbocycles. The Morgan fingerprint density at radius 1 is 1.13 bits per heavy atom. The molecule has 0 unspecified atom stereocenters. The molecular formula is C28H30ClFN8O. The summed E-state index contributed by atoms with van der Waals surface area (Å²) in [7, 11) is 2.18. The van der Waals surface area contributed by atoms with E-state index in [4.69, 9.17) is 11.6 Å². The average molecular weight is 549 g/mol. The van der Waals surface area contributed by atoms with Crippen molar-refractivity contribution in [3.63, 3.8) is 0 Å². The number of benzene rings is 2. The molecule has 2 atom stereocenters. The number of nitrogens with zero attached hydrogens (tertiary/aromatic N) is 7. The molecule has 1 fully saturated rings. The van der Waals surface area contributed by atoms with Crippen LogP contribution in [-0.2, 0) is 0 Å². The van der Waals surface area contributed by atoms with Gasteiger partial charge >= 0.3 is 0 Å². The van der Waals surface area contributed by atoms with Gasteiger partial charge in [0.05, 0.1) is 11.6 Å². The zero-order valence-electron chi connectivity index (χ0n) is 22.3. The van der Waals surface area contributed by atoms with Crippen LogP contribution >= 0.6 is 11.6 Å². The van der Waals surface area contributed by atoms with Gasteiger partial charge in [0.15, 0.2) is 5.82 Å². The first-order chi connectivity index (χ1) is 18.7. The van der Waals surface area contributed by atoms with Crippen LogP contribution in [0.1, 0.15) is 29.8 Å². The van der Waals surface area contributed by atoms with Crippen molar-refractivity contribution in [1.29, 1.82) is 0 Å². The molecular weight excluding hydrogens is 519 g/mol. The number of hydrogen-bond acceptors (Lipinski definition) is 8. The number of fused-ring (bicyclic) bond motifs is 3. The molecule has 0 saturated carbocycles. The molecule has 39 heavy (non-hydrogen) atoms. The number of aromatic nitrogens is 2. The molecule has 0 radical (unpaired) electrons.